The van der Waals surface area contributed by atoms with Crippen molar-refractivity contribution in [2.75, 3.05) is 11.1 Å². The number of benzene rings is 1. The average Bonchev–Trinajstić information content (AvgIpc) is 3.12. The molecule has 1 aliphatic carbocycles. The van der Waals surface area contributed by atoms with Gasteiger partial charge in [-0.3, -0.25) is 4.98 Å². The number of hydrogen-bond acceptors (Lipinski definition) is 6. The quantitative estimate of drug-likeness (QED) is 0.698. The van der Waals surface area contributed by atoms with Gasteiger partial charge in [-0.1, -0.05) is 42.8 Å². The van der Waals surface area contributed by atoms with Crippen LogP contribution in [0.5, 0.6) is 0 Å². The molecule has 6 heteroatoms. The average molecular weight is 337 g/mol. The van der Waals surface area contributed by atoms with Gasteiger partial charge in [0.25, 0.3) is 0 Å². The van der Waals surface area contributed by atoms with Crippen LogP contribution in [-0.2, 0) is 0 Å². The van der Waals surface area contributed by atoms with E-state index >= 15 is 0 Å². The summed E-state index contributed by atoms with van der Waals surface area (Å²) >= 11 is 1.54. The van der Waals surface area contributed by atoms with Crippen LogP contribution in [0, 0.1) is 0 Å². The fourth-order valence-electron chi connectivity index (χ4n) is 3.10. The summed E-state index contributed by atoms with van der Waals surface area (Å²) in [4.78, 5) is 14.2. The van der Waals surface area contributed by atoms with E-state index in [1.54, 1.807) is 6.33 Å². The number of pyridine rings is 1. The molecule has 3 N–H and O–H groups in total. The molecule has 4 rings (SSSR count). The molecule has 0 radical (unpaired) electrons. The maximum absolute atomic E-state index is 6.32. The monoisotopic (exact) mass is 337 g/mol. The number of hydrogen-bond donors (Lipinski definition) is 2. The summed E-state index contributed by atoms with van der Waals surface area (Å²) < 4.78 is 0. The number of aromatic nitrogens is 3. The van der Waals surface area contributed by atoms with Gasteiger partial charge in [-0.25, -0.2) is 9.97 Å². The van der Waals surface area contributed by atoms with Gasteiger partial charge in [0.1, 0.15) is 17.0 Å². The predicted molar refractivity (Wildman–Crippen MR) is 98.2 cm³/mol. The number of anilines is 2. The largest absolute Gasteiger partial charge is 0.394 e. The van der Waals surface area contributed by atoms with E-state index in [1.165, 1.54) is 37.4 Å². The minimum atomic E-state index is 0.472. The Hall–Kier alpha value is -2.34. The van der Waals surface area contributed by atoms with Crippen LogP contribution in [-0.4, -0.2) is 21.0 Å². The topological polar surface area (TPSA) is 76.7 Å². The number of nitrogens with one attached hydrogen (secondary N) is 1. The Balaban J connectivity index is 1.64. The SMILES string of the molecule is Nc1c(NC2CCCC2)ncnc1Sc1cccc2cccnc12. The summed E-state index contributed by atoms with van der Waals surface area (Å²) in [5.74, 6) is 0.743. The standard InChI is InChI=1S/C18H19N5S/c19-15-17(23-13-7-1-2-8-13)21-11-22-18(15)24-14-9-3-5-12-6-4-10-20-16(12)14/h3-6,9-11,13H,1-2,7-8,19H2,(H,21,22,23). The van der Waals surface area contributed by atoms with Crippen molar-refractivity contribution in [3.05, 3.63) is 42.9 Å². The van der Waals surface area contributed by atoms with Crippen LogP contribution in [0.4, 0.5) is 11.5 Å². The highest BCUT2D eigenvalue weighted by atomic mass is 32.2. The lowest BCUT2D eigenvalue weighted by atomic mass is 10.2. The molecule has 3 aromatic rings. The summed E-state index contributed by atoms with van der Waals surface area (Å²) in [6, 6.07) is 10.6. The molecule has 5 nitrogen and oxygen atoms in total. The van der Waals surface area contributed by atoms with Crippen molar-refractivity contribution in [3.8, 4) is 0 Å². The Bertz CT molecular complexity index is 856. The van der Waals surface area contributed by atoms with Gasteiger partial charge in [0.2, 0.25) is 0 Å². The molecule has 1 saturated carbocycles. The number of nitrogens with two attached hydrogens (primary N) is 1. The molecule has 2 heterocycles. The van der Waals surface area contributed by atoms with Crippen LogP contribution in [0.25, 0.3) is 10.9 Å². The minimum absolute atomic E-state index is 0.472. The fourth-order valence-corrected chi connectivity index (χ4v) is 4.03. The van der Waals surface area contributed by atoms with E-state index in [9.17, 15) is 0 Å². The predicted octanol–water partition coefficient (Wildman–Crippen LogP) is 4.11. The smallest absolute Gasteiger partial charge is 0.154 e. The molecule has 0 amide bonds. The second-order valence-corrected chi connectivity index (χ2v) is 7.03. The minimum Gasteiger partial charge on any atom is -0.394 e. The van der Waals surface area contributed by atoms with Crippen molar-refractivity contribution in [2.45, 2.75) is 41.6 Å². The van der Waals surface area contributed by atoms with Gasteiger partial charge < -0.3 is 11.1 Å². The second kappa shape index (κ2) is 6.65. The van der Waals surface area contributed by atoms with Crippen molar-refractivity contribution in [1.29, 1.82) is 0 Å². The van der Waals surface area contributed by atoms with Gasteiger partial charge in [0.05, 0.1) is 5.52 Å². The molecule has 0 atom stereocenters. The molecule has 122 valence electrons. The van der Waals surface area contributed by atoms with E-state index in [1.807, 2.05) is 24.4 Å². The Morgan fingerprint density at radius 2 is 1.88 bits per heavy atom. The van der Waals surface area contributed by atoms with Gasteiger partial charge in [-0.15, -0.1) is 0 Å². The molecular formula is C18H19N5S. The third kappa shape index (κ3) is 3.01. The Labute approximate surface area is 145 Å². The summed E-state index contributed by atoms with van der Waals surface area (Å²) in [5, 5.41) is 5.35. The van der Waals surface area contributed by atoms with Crippen LogP contribution in [0.1, 0.15) is 25.7 Å². The van der Waals surface area contributed by atoms with Crippen LogP contribution in [0.15, 0.2) is 52.8 Å². The molecule has 0 unspecified atom stereocenters. The maximum Gasteiger partial charge on any atom is 0.154 e. The number of rotatable bonds is 4. The van der Waals surface area contributed by atoms with Gasteiger partial charge in [-0.05, 0) is 25.0 Å². The Morgan fingerprint density at radius 1 is 1.04 bits per heavy atom. The zero-order valence-electron chi connectivity index (χ0n) is 13.3. The molecule has 0 saturated heterocycles. The van der Waals surface area contributed by atoms with E-state index in [0.29, 0.717) is 11.7 Å². The van der Waals surface area contributed by atoms with Crippen LogP contribution >= 0.6 is 11.8 Å². The molecule has 0 bridgehead atoms. The second-order valence-electron chi connectivity index (χ2n) is 6.00. The first kappa shape index (κ1) is 15.2. The molecule has 1 aromatic carbocycles. The lowest BCUT2D eigenvalue weighted by Gasteiger charge is -2.15. The number of nitrogens with zero attached hydrogens (tertiary/aromatic N) is 3. The zero-order valence-corrected chi connectivity index (χ0v) is 14.1. The Morgan fingerprint density at radius 3 is 2.75 bits per heavy atom. The molecule has 0 spiro atoms. The van der Waals surface area contributed by atoms with Crippen molar-refractivity contribution < 1.29 is 0 Å². The van der Waals surface area contributed by atoms with Crippen molar-refractivity contribution in [2.24, 2.45) is 0 Å². The van der Waals surface area contributed by atoms with Gasteiger partial charge in [0.15, 0.2) is 5.82 Å². The highest BCUT2D eigenvalue weighted by molar-refractivity contribution is 7.99. The highest BCUT2D eigenvalue weighted by Gasteiger charge is 2.18. The lowest BCUT2D eigenvalue weighted by Crippen LogP contribution is -2.17. The number of fused-ring (bicyclic) bond motifs is 1. The van der Waals surface area contributed by atoms with E-state index in [0.717, 1.165) is 26.6 Å². The van der Waals surface area contributed by atoms with E-state index in [2.05, 4.69) is 32.4 Å². The first-order valence-electron chi connectivity index (χ1n) is 8.20. The van der Waals surface area contributed by atoms with Crippen LogP contribution in [0.3, 0.4) is 0 Å². The summed E-state index contributed by atoms with van der Waals surface area (Å²) in [7, 11) is 0. The maximum atomic E-state index is 6.32. The van der Waals surface area contributed by atoms with E-state index in [4.69, 9.17) is 5.73 Å². The summed E-state index contributed by atoms with van der Waals surface area (Å²) in [6.07, 6.45) is 8.29. The third-order valence-electron chi connectivity index (χ3n) is 4.35. The number of nitrogen functional groups attached to an aromatic ring is 1. The van der Waals surface area contributed by atoms with E-state index in [-0.39, 0.29) is 0 Å². The lowest BCUT2D eigenvalue weighted by molar-refractivity contribution is 0.749. The third-order valence-corrected chi connectivity index (χ3v) is 5.41. The van der Waals surface area contributed by atoms with Crippen LogP contribution < -0.4 is 11.1 Å². The molecule has 24 heavy (non-hydrogen) atoms. The van der Waals surface area contributed by atoms with Gasteiger partial charge >= 0.3 is 0 Å². The molecule has 0 aliphatic heterocycles. The zero-order chi connectivity index (χ0) is 16.4. The van der Waals surface area contributed by atoms with Gasteiger partial charge in [-0.2, -0.15) is 0 Å². The Kier molecular flexibility index (Phi) is 4.21. The first-order valence-corrected chi connectivity index (χ1v) is 9.01. The molecular weight excluding hydrogens is 318 g/mol. The summed E-state index contributed by atoms with van der Waals surface area (Å²) in [5.41, 5.74) is 7.90. The summed E-state index contributed by atoms with van der Waals surface area (Å²) in [6.45, 7) is 0. The number of para-hydroxylation sites is 1. The van der Waals surface area contributed by atoms with E-state index < -0.39 is 0 Å². The van der Waals surface area contributed by atoms with Crippen molar-refractivity contribution in [1.82, 2.24) is 15.0 Å². The van der Waals surface area contributed by atoms with Gasteiger partial charge in [0, 0.05) is 22.5 Å². The molecule has 1 fully saturated rings. The van der Waals surface area contributed by atoms with Crippen LogP contribution in [0.2, 0.25) is 0 Å². The molecule has 1 aliphatic rings. The highest BCUT2D eigenvalue weighted by Crippen LogP contribution is 2.36. The first-order chi connectivity index (χ1) is 11.8. The van der Waals surface area contributed by atoms with Crippen molar-refractivity contribution in [3.63, 3.8) is 0 Å². The molecule has 2 aromatic heterocycles. The fraction of sp³-hybridized carbons (Fsp3) is 0.278. The normalized spacial score (nSPS) is 15.0. The van der Waals surface area contributed by atoms with Crippen molar-refractivity contribution >= 4 is 34.2 Å².